The summed E-state index contributed by atoms with van der Waals surface area (Å²) in [5, 5.41) is 42.4. The molecule has 31 heteroatoms. The van der Waals surface area contributed by atoms with Crippen molar-refractivity contribution in [2.75, 3.05) is 31.6 Å². The summed E-state index contributed by atoms with van der Waals surface area (Å²) in [5.74, 6) is -8.86. The first-order valence-corrected chi connectivity index (χ1v) is 27.8. The van der Waals surface area contributed by atoms with E-state index in [1.165, 1.54) is 55.5 Å². The third kappa shape index (κ3) is 23.1. The normalized spacial score (nSPS) is 13.5. The number of carboxylic acids is 1. The number of rotatable bonds is 37. The van der Waals surface area contributed by atoms with E-state index in [9.17, 15) is 63.2 Å². The molecule has 0 aliphatic rings. The number of unbranched alkanes of at least 4 members (excludes halogenated alkanes) is 1. The van der Waals surface area contributed by atoms with Gasteiger partial charge < -0.3 is 80.5 Å². The smallest absolute Gasteiger partial charge is 0.303 e. The maximum atomic E-state index is 14.8. The molecule has 2 heterocycles. The Hall–Kier alpha value is -9.13. The maximum absolute atomic E-state index is 14.8. The number of H-pyrrole nitrogens is 2. The predicted molar refractivity (Wildman–Crippen MR) is 305 cm³/mol. The first-order valence-electron chi connectivity index (χ1n) is 26.5. The van der Waals surface area contributed by atoms with Gasteiger partial charge in [-0.25, -0.2) is 4.98 Å². The van der Waals surface area contributed by atoms with E-state index in [0.29, 0.717) is 47.3 Å². The van der Waals surface area contributed by atoms with Gasteiger partial charge in [-0.3, -0.25) is 63.1 Å². The number of hydrogen-bond acceptors (Lipinski definition) is 16. The number of primary amides is 1. The second-order valence-corrected chi connectivity index (χ2v) is 20.2. The van der Waals surface area contributed by atoms with Crippen molar-refractivity contribution in [3.8, 4) is 0 Å². The molecule has 9 amide bonds. The minimum Gasteiger partial charge on any atom is -0.481 e. The Labute approximate surface area is 480 Å². The molecule has 4 rings (SSSR count). The van der Waals surface area contributed by atoms with Crippen molar-refractivity contribution < 1.29 is 58.0 Å². The lowest BCUT2D eigenvalue weighted by Crippen LogP contribution is -2.60. The Bertz CT molecular complexity index is 2900. The number of aliphatic carboxylic acids is 1. The third-order valence-corrected chi connectivity index (χ3v) is 13.4. The molecular weight excluding hydrogens is 1100 g/mol. The van der Waals surface area contributed by atoms with Crippen LogP contribution >= 0.6 is 11.8 Å². The van der Waals surface area contributed by atoms with Gasteiger partial charge in [-0.05, 0) is 80.7 Å². The molecule has 0 bridgehead atoms. The number of nitrogens with one attached hydrogen (secondary N) is 10. The molecule has 0 saturated carbocycles. The Morgan fingerprint density at radius 1 is 0.687 bits per heavy atom. The van der Waals surface area contributed by atoms with Crippen LogP contribution in [0.1, 0.15) is 75.1 Å². The molecule has 0 saturated heterocycles. The maximum Gasteiger partial charge on any atom is 0.303 e. The molecule has 0 fully saturated rings. The van der Waals surface area contributed by atoms with Crippen molar-refractivity contribution in [1.29, 1.82) is 0 Å². The van der Waals surface area contributed by atoms with Gasteiger partial charge in [0.2, 0.25) is 53.2 Å². The topological polar surface area (TPSA) is 491 Å². The van der Waals surface area contributed by atoms with Crippen LogP contribution < -0.4 is 65.5 Å². The van der Waals surface area contributed by atoms with E-state index in [1.54, 1.807) is 36.7 Å². The molecule has 7 atom stereocenters. The highest BCUT2D eigenvalue weighted by molar-refractivity contribution is 7.98. The van der Waals surface area contributed by atoms with Crippen molar-refractivity contribution >= 4 is 93.4 Å². The standard InChI is InChI=1S/C52H73N17O13S/c1-29(70)62-39(18-21-83-2)49(78)65-38(16-17-44(72)73)48(77)68-42(24-32-26-57-28-61-32)51(80)66-40(22-30-12-14-33(15-13-30)69(81)82)50(79)64-37(11-7-20-58-52(55)56)47(76)67-41(23-31-25-59-35-9-4-3-8-34(31)35)46(75)60-27-43(71)63-36(45(54)74)10-5-6-19-53/h3-4,8-9,12-15,25-26,28,36-42,59H,5-7,10-11,16-24,27,53H2,1-2H3,(H2,54,74)(H,57,61)(H,60,75)(H,62,70)(H,63,71)(H,64,79)(H,65,78)(H,66,80)(H,67,76)(H,68,77)(H,72,73)(H4,55,56,58)/t36-,37-,38-,39-,40+,41-,42-/m0/s1. The highest BCUT2D eigenvalue weighted by Gasteiger charge is 2.35. The molecule has 0 aliphatic carbocycles. The number of carbonyl (C=O) groups excluding carboxylic acids is 9. The molecule has 2 aromatic heterocycles. The number of nitrogens with two attached hydrogens (primary N) is 4. The number of benzene rings is 2. The van der Waals surface area contributed by atoms with Crippen LogP contribution in [0.15, 0.2) is 72.2 Å². The average molecular weight is 1180 g/mol. The second kappa shape index (κ2) is 34.2. The second-order valence-electron chi connectivity index (χ2n) is 19.2. The summed E-state index contributed by atoms with van der Waals surface area (Å²) in [5.41, 5.74) is 23.8. The van der Waals surface area contributed by atoms with Gasteiger partial charge in [0, 0.05) is 80.3 Å². The molecule has 0 radical (unpaired) electrons. The van der Waals surface area contributed by atoms with E-state index in [4.69, 9.17) is 22.9 Å². The van der Waals surface area contributed by atoms with Crippen LogP contribution in [-0.4, -0.2) is 164 Å². The molecule has 83 heavy (non-hydrogen) atoms. The van der Waals surface area contributed by atoms with Crippen molar-refractivity contribution in [2.24, 2.45) is 27.9 Å². The summed E-state index contributed by atoms with van der Waals surface area (Å²) in [6, 6.07) is 2.21. The number of imidazole rings is 1. The number of guanidine groups is 1. The van der Waals surface area contributed by atoms with Gasteiger partial charge in [0.1, 0.15) is 42.3 Å². The highest BCUT2D eigenvalue weighted by Crippen LogP contribution is 2.20. The number of amides is 9. The molecule has 0 spiro atoms. The number of carbonyl (C=O) groups is 10. The summed E-state index contributed by atoms with van der Waals surface area (Å²) in [7, 11) is 0. The van der Waals surface area contributed by atoms with E-state index < -0.39 is 126 Å². The number of non-ortho nitro benzene ring substituents is 1. The van der Waals surface area contributed by atoms with Gasteiger partial charge >= 0.3 is 5.97 Å². The van der Waals surface area contributed by atoms with E-state index in [0.717, 1.165) is 0 Å². The molecule has 0 unspecified atom stereocenters. The molecule has 30 nitrogen and oxygen atoms in total. The summed E-state index contributed by atoms with van der Waals surface area (Å²) >= 11 is 1.39. The van der Waals surface area contributed by atoms with Gasteiger partial charge in [0.15, 0.2) is 5.96 Å². The van der Waals surface area contributed by atoms with Crippen LogP contribution in [0.3, 0.4) is 0 Å². The Morgan fingerprint density at radius 2 is 1.27 bits per heavy atom. The van der Waals surface area contributed by atoms with E-state index >= 15 is 0 Å². The number of nitrogens with zero attached hydrogens (tertiary/aromatic N) is 3. The van der Waals surface area contributed by atoms with Crippen LogP contribution in [0.5, 0.6) is 0 Å². The van der Waals surface area contributed by atoms with Gasteiger partial charge in [0.05, 0.1) is 17.8 Å². The van der Waals surface area contributed by atoms with Crippen LogP contribution in [0.25, 0.3) is 10.9 Å². The number of carboxylic acid groups (broad SMARTS) is 1. The quantitative estimate of drug-likeness (QED) is 0.00738. The lowest BCUT2D eigenvalue weighted by atomic mass is 10.0. The summed E-state index contributed by atoms with van der Waals surface area (Å²) in [4.78, 5) is 160. The van der Waals surface area contributed by atoms with Crippen LogP contribution in [0.2, 0.25) is 0 Å². The molecule has 19 N–H and O–H groups in total. The summed E-state index contributed by atoms with van der Waals surface area (Å²) in [6.07, 6.45) is 5.41. The Morgan fingerprint density at radius 3 is 1.83 bits per heavy atom. The monoisotopic (exact) mass is 1180 g/mol. The van der Waals surface area contributed by atoms with Gasteiger partial charge in [-0.1, -0.05) is 30.3 Å². The first-order chi connectivity index (χ1) is 39.6. The molecule has 4 aromatic rings. The van der Waals surface area contributed by atoms with E-state index in [-0.39, 0.29) is 68.7 Å². The van der Waals surface area contributed by atoms with Gasteiger partial charge in [-0.2, -0.15) is 11.8 Å². The number of fused-ring (bicyclic) bond motifs is 1. The zero-order valence-electron chi connectivity index (χ0n) is 45.9. The SMILES string of the molecule is CSCC[C@H](NC(C)=O)C(=O)N[C@@H](CCC(=O)O)C(=O)N[C@@H](Cc1cnc[nH]1)C(=O)N[C@H](Cc1ccc([N+](=O)[O-])cc1)C(=O)N[C@@H](CCCN=C(N)N)C(=O)N[C@@H](Cc1c[nH]c2ccccc12)C(=O)NCC(=O)N[C@@H](CCCCN)C(N)=O. The lowest BCUT2D eigenvalue weighted by Gasteiger charge is -2.28. The number of aliphatic imine (C=N–C) groups is 1. The lowest BCUT2D eigenvalue weighted by molar-refractivity contribution is -0.384. The first kappa shape index (κ1) is 66.4. The number of nitro groups is 1. The van der Waals surface area contributed by atoms with Crippen LogP contribution in [-0.2, 0) is 67.2 Å². The van der Waals surface area contributed by atoms with Crippen molar-refractivity contribution in [2.45, 2.75) is 120 Å². The third-order valence-electron chi connectivity index (χ3n) is 12.8. The number of thioether (sulfide) groups is 1. The number of hydrogen-bond donors (Lipinski definition) is 15. The highest BCUT2D eigenvalue weighted by atomic mass is 32.2. The zero-order chi connectivity index (χ0) is 61.0. The van der Waals surface area contributed by atoms with Crippen molar-refractivity contribution in [3.05, 3.63) is 94.2 Å². The molecule has 2 aromatic carbocycles. The number of para-hydroxylation sites is 1. The fourth-order valence-electron chi connectivity index (χ4n) is 8.49. The minimum absolute atomic E-state index is 0.0353. The van der Waals surface area contributed by atoms with Crippen LogP contribution in [0, 0.1) is 10.1 Å². The number of aromatic nitrogens is 3. The Balaban J connectivity index is 1.71. The number of nitro benzene ring substituents is 1. The average Bonchev–Trinajstić information content (AvgIpc) is 4.38. The molecular formula is C52H73N17O13S. The fraction of sp³-hybridized carbons (Fsp3) is 0.462. The molecule has 0 aliphatic heterocycles. The predicted octanol–water partition coefficient (Wildman–Crippen LogP) is -2.36. The van der Waals surface area contributed by atoms with Gasteiger partial charge in [0.25, 0.3) is 5.69 Å². The van der Waals surface area contributed by atoms with Gasteiger partial charge in [-0.15, -0.1) is 0 Å². The minimum atomic E-state index is -1.64. The largest absolute Gasteiger partial charge is 0.481 e. The number of aromatic amines is 2. The van der Waals surface area contributed by atoms with Crippen molar-refractivity contribution in [3.63, 3.8) is 0 Å². The summed E-state index contributed by atoms with van der Waals surface area (Å²) in [6.45, 7) is 0.870. The van der Waals surface area contributed by atoms with Crippen molar-refractivity contribution in [1.82, 2.24) is 57.5 Å². The fourth-order valence-corrected chi connectivity index (χ4v) is 8.96. The van der Waals surface area contributed by atoms with Crippen LogP contribution in [0.4, 0.5) is 5.69 Å². The zero-order valence-corrected chi connectivity index (χ0v) is 46.7. The summed E-state index contributed by atoms with van der Waals surface area (Å²) < 4.78 is 0. The van der Waals surface area contributed by atoms with E-state index in [2.05, 4.69) is 62.5 Å². The van der Waals surface area contributed by atoms with E-state index in [1.807, 2.05) is 0 Å². The Kier molecular flexibility index (Phi) is 27.4. The molecule has 450 valence electrons.